The van der Waals surface area contributed by atoms with E-state index >= 15 is 0 Å². The molecule has 228 valence electrons. The van der Waals surface area contributed by atoms with Crippen molar-refractivity contribution in [1.82, 2.24) is 9.47 Å². The molecule has 2 fully saturated rings. The fourth-order valence-electron chi connectivity index (χ4n) is 7.52. The molecule has 0 radical (unpaired) electrons. The molecule has 3 aliphatic rings. The zero-order chi connectivity index (χ0) is 30.1. The molecule has 3 heterocycles. The molecule has 2 amide bonds. The topological polar surface area (TPSA) is 81.1 Å². The Morgan fingerprint density at radius 1 is 0.977 bits per heavy atom. The van der Waals surface area contributed by atoms with Crippen LogP contribution in [0.15, 0.2) is 36.4 Å². The summed E-state index contributed by atoms with van der Waals surface area (Å²) in [4.78, 5) is 44.2. The first-order chi connectivity index (χ1) is 20.9. The first-order valence-corrected chi connectivity index (χ1v) is 15.8. The number of hydrogen-bond donors (Lipinski definition) is 0. The van der Waals surface area contributed by atoms with Crippen LogP contribution in [0.1, 0.15) is 78.8 Å². The van der Waals surface area contributed by atoms with E-state index in [1.165, 1.54) is 31.9 Å². The third kappa shape index (κ3) is 5.69. The van der Waals surface area contributed by atoms with Gasteiger partial charge in [0.2, 0.25) is 11.8 Å². The summed E-state index contributed by atoms with van der Waals surface area (Å²) in [5.74, 6) is 0.250. The van der Waals surface area contributed by atoms with E-state index in [0.717, 1.165) is 72.1 Å². The summed E-state index contributed by atoms with van der Waals surface area (Å²) < 4.78 is 12.4. The van der Waals surface area contributed by atoms with Crippen molar-refractivity contribution in [3.63, 3.8) is 0 Å². The molecule has 0 unspecified atom stereocenters. The highest BCUT2D eigenvalue weighted by Gasteiger charge is 2.35. The Balaban J connectivity index is 1.44. The zero-order valence-corrected chi connectivity index (χ0v) is 25.7. The third-order valence-electron chi connectivity index (χ3n) is 9.73. The molecule has 1 atom stereocenters. The number of esters is 1. The standard InChI is InChI=1S/C35H43N3O5/c1-23-11-13-28-29(18-23)37(21-31(39)36-16-7-8-24(20-36)15-17-42-2)32(40)22-38-30-19-26(35(41)43-3)12-14-27(30)33(34(28)38)25-9-5-4-6-10-25/h11-14,18-19,24-25H,4-10,15-17,20-22H2,1-3H3/t24-/m0/s1. The number of fused-ring (bicyclic) bond motifs is 5. The molecule has 0 spiro atoms. The number of nitrogens with zero attached hydrogens (tertiary/aromatic N) is 3. The zero-order valence-electron chi connectivity index (χ0n) is 25.7. The molecule has 1 saturated heterocycles. The summed E-state index contributed by atoms with van der Waals surface area (Å²) in [7, 11) is 3.10. The van der Waals surface area contributed by atoms with E-state index in [1.807, 2.05) is 30.0 Å². The molecular weight excluding hydrogens is 542 g/mol. The van der Waals surface area contributed by atoms with E-state index in [4.69, 9.17) is 9.47 Å². The Morgan fingerprint density at radius 2 is 1.79 bits per heavy atom. The first kappa shape index (κ1) is 29.4. The molecule has 1 aromatic heterocycles. The number of aromatic nitrogens is 1. The Hall–Kier alpha value is -3.65. The van der Waals surface area contributed by atoms with Gasteiger partial charge in [-0.1, -0.05) is 37.5 Å². The van der Waals surface area contributed by atoms with Gasteiger partial charge in [0.05, 0.1) is 29.6 Å². The minimum atomic E-state index is -0.398. The van der Waals surface area contributed by atoms with E-state index in [0.29, 0.717) is 30.6 Å². The molecule has 8 heteroatoms. The number of piperidine rings is 1. The van der Waals surface area contributed by atoms with E-state index in [2.05, 4.69) is 22.8 Å². The van der Waals surface area contributed by atoms with Crippen molar-refractivity contribution in [2.45, 2.75) is 70.8 Å². The Morgan fingerprint density at radius 3 is 2.56 bits per heavy atom. The number of carbonyl (C=O) groups is 3. The van der Waals surface area contributed by atoms with E-state index in [-0.39, 0.29) is 24.9 Å². The molecule has 2 aliphatic heterocycles. The third-order valence-corrected chi connectivity index (χ3v) is 9.73. The Kier molecular flexibility index (Phi) is 8.57. The highest BCUT2D eigenvalue weighted by Crippen LogP contribution is 2.47. The van der Waals surface area contributed by atoms with Gasteiger partial charge in [-0.05, 0) is 80.2 Å². The molecular formula is C35H43N3O5. The van der Waals surface area contributed by atoms with Crippen LogP contribution in [0.3, 0.4) is 0 Å². The highest BCUT2D eigenvalue weighted by molar-refractivity contribution is 6.07. The van der Waals surface area contributed by atoms with Crippen LogP contribution in [0, 0.1) is 12.8 Å². The number of carbonyl (C=O) groups excluding carboxylic acids is 3. The Bertz CT molecular complexity index is 1540. The Labute approximate surface area is 253 Å². The van der Waals surface area contributed by atoms with Crippen LogP contribution in [-0.4, -0.2) is 67.7 Å². The normalized spacial score (nSPS) is 19.2. The number of amides is 2. The number of methoxy groups -OCH3 is 2. The molecule has 43 heavy (non-hydrogen) atoms. The van der Waals surface area contributed by atoms with Crippen LogP contribution in [0.2, 0.25) is 0 Å². The molecule has 2 aromatic carbocycles. The number of likely N-dealkylation sites (tertiary alicyclic amines) is 1. The molecule has 1 saturated carbocycles. The summed E-state index contributed by atoms with van der Waals surface area (Å²) in [5.41, 5.74) is 6.43. The van der Waals surface area contributed by atoms with Crippen LogP contribution >= 0.6 is 0 Å². The molecule has 0 bridgehead atoms. The van der Waals surface area contributed by atoms with E-state index in [1.54, 1.807) is 12.0 Å². The van der Waals surface area contributed by atoms with Gasteiger partial charge in [0.25, 0.3) is 0 Å². The quantitative estimate of drug-likeness (QED) is 0.314. The fraction of sp³-hybridized carbons (Fsp3) is 0.514. The number of aryl methyl sites for hydroxylation is 1. The van der Waals surface area contributed by atoms with Crippen molar-refractivity contribution in [3.05, 3.63) is 53.1 Å². The largest absolute Gasteiger partial charge is 0.465 e. The average Bonchev–Trinajstić information content (AvgIpc) is 3.29. The average molecular weight is 586 g/mol. The van der Waals surface area contributed by atoms with Gasteiger partial charge in [-0.2, -0.15) is 0 Å². The molecule has 1 aliphatic carbocycles. The van der Waals surface area contributed by atoms with Gasteiger partial charge >= 0.3 is 5.97 Å². The number of ether oxygens (including phenoxy) is 2. The SMILES string of the molecule is COCC[C@@H]1CCCN(C(=O)CN2C(=O)Cn3c(c(C4CCCCC4)c4ccc(C(=O)OC)cc43)-c3ccc(C)cc32)C1. The maximum Gasteiger partial charge on any atom is 0.337 e. The van der Waals surface area contributed by atoms with Gasteiger partial charge in [0, 0.05) is 37.8 Å². The molecule has 0 N–H and O–H groups in total. The lowest BCUT2D eigenvalue weighted by Crippen LogP contribution is -2.47. The number of benzene rings is 2. The number of anilines is 1. The van der Waals surface area contributed by atoms with E-state index < -0.39 is 5.97 Å². The predicted molar refractivity (Wildman–Crippen MR) is 167 cm³/mol. The van der Waals surface area contributed by atoms with Gasteiger partial charge in [-0.15, -0.1) is 0 Å². The van der Waals surface area contributed by atoms with Crippen LogP contribution in [0.4, 0.5) is 5.69 Å². The minimum absolute atomic E-state index is 0.0140. The lowest BCUT2D eigenvalue weighted by molar-refractivity contribution is -0.133. The van der Waals surface area contributed by atoms with Gasteiger partial charge in [0.1, 0.15) is 13.1 Å². The summed E-state index contributed by atoms with van der Waals surface area (Å²) in [6, 6.07) is 12.0. The second-order valence-electron chi connectivity index (χ2n) is 12.5. The first-order valence-electron chi connectivity index (χ1n) is 15.8. The maximum absolute atomic E-state index is 14.2. The fourth-order valence-corrected chi connectivity index (χ4v) is 7.52. The van der Waals surface area contributed by atoms with E-state index in [9.17, 15) is 14.4 Å². The monoisotopic (exact) mass is 585 g/mol. The maximum atomic E-state index is 14.2. The molecule has 8 nitrogen and oxygen atoms in total. The van der Waals surface area contributed by atoms with Crippen molar-refractivity contribution in [2.24, 2.45) is 5.92 Å². The molecule has 3 aromatic rings. The van der Waals surface area contributed by atoms with Crippen molar-refractivity contribution >= 4 is 34.4 Å². The predicted octanol–water partition coefficient (Wildman–Crippen LogP) is 6.07. The van der Waals surface area contributed by atoms with Crippen molar-refractivity contribution in [1.29, 1.82) is 0 Å². The van der Waals surface area contributed by atoms with Crippen LogP contribution in [0.5, 0.6) is 0 Å². The smallest absolute Gasteiger partial charge is 0.337 e. The van der Waals surface area contributed by atoms with Crippen molar-refractivity contribution in [2.75, 3.05) is 45.4 Å². The van der Waals surface area contributed by atoms with Crippen LogP contribution in [0.25, 0.3) is 22.2 Å². The lowest BCUT2D eigenvalue weighted by Gasteiger charge is -2.34. The highest BCUT2D eigenvalue weighted by atomic mass is 16.5. The van der Waals surface area contributed by atoms with Gasteiger partial charge in [0.15, 0.2) is 0 Å². The lowest BCUT2D eigenvalue weighted by atomic mass is 9.81. The number of rotatable bonds is 7. The second kappa shape index (κ2) is 12.5. The number of hydrogen-bond acceptors (Lipinski definition) is 5. The van der Waals surface area contributed by atoms with Crippen molar-refractivity contribution < 1.29 is 23.9 Å². The second-order valence-corrected chi connectivity index (χ2v) is 12.5. The van der Waals surface area contributed by atoms with Crippen LogP contribution in [-0.2, 0) is 25.6 Å². The van der Waals surface area contributed by atoms with Gasteiger partial charge in [-0.25, -0.2) is 4.79 Å². The van der Waals surface area contributed by atoms with Crippen molar-refractivity contribution in [3.8, 4) is 11.3 Å². The summed E-state index contributed by atoms with van der Waals surface area (Å²) in [5, 5.41) is 1.09. The van der Waals surface area contributed by atoms with Crippen LogP contribution < -0.4 is 4.90 Å². The molecule has 6 rings (SSSR count). The minimum Gasteiger partial charge on any atom is -0.465 e. The van der Waals surface area contributed by atoms with Gasteiger partial charge in [-0.3, -0.25) is 9.59 Å². The summed E-state index contributed by atoms with van der Waals surface area (Å²) in [6.07, 6.45) is 8.79. The summed E-state index contributed by atoms with van der Waals surface area (Å²) in [6.45, 7) is 4.26. The summed E-state index contributed by atoms with van der Waals surface area (Å²) >= 11 is 0. The van der Waals surface area contributed by atoms with Gasteiger partial charge < -0.3 is 23.8 Å².